The molecule has 1 saturated carbocycles. The first kappa shape index (κ1) is 38.5. The molecule has 0 bridgehead atoms. The van der Waals surface area contributed by atoms with Crippen LogP contribution in [0.2, 0.25) is 18.1 Å². The molecule has 1 aromatic heterocycles. The van der Waals surface area contributed by atoms with Crippen LogP contribution in [-0.2, 0) is 28.9 Å². The van der Waals surface area contributed by atoms with Crippen molar-refractivity contribution in [1.82, 2.24) is 10.1 Å². The van der Waals surface area contributed by atoms with E-state index >= 15 is 18.4 Å². The molecule has 7 rings (SSSR count). The van der Waals surface area contributed by atoms with Crippen molar-refractivity contribution in [3.63, 3.8) is 0 Å². The third-order valence-corrected chi connectivity index (χ3v) is 16.4. The molecule has 0 aliphatic heterocycles. The fraction of sp³-hybridized carbons (Fsp3) is 0.429. The molecule has 3 aliphatic carbocycles. The number of fused-ring (bicyclic) bond motifs is 4. The van der Waals surface area contributed by atoms with Crippen molar-refractivity contribution in [2.24, 2.45) is 17.8 Å². The van der Waals surface area contributed by atoms with E-state index in [4.69, 9.17) is 23.2 Å². The summed E-state index contributed by atoms with van der Waals surface area (Å²) in [5, 5.41) is 3.74. The molecule has 0 spiro atoms. The number of aromatic nitrogens is 1. The molecule has 55 heavy (non-hydrogen) atoms. The predicted molar refractivity (Wildman–Crippen MR) is 201 cm³/mol. The van der Waals surface area contributed by atoms with Crippen LogP contribution in [0, 0.1) is 29.4 Å². The summed E-state index contributed by atoms with van der Waals surface area (Å²) in [5.74, 6) is -8.60. The maximum atomic E-state index is 16.1. The van der Waals surface area contributed by atoms with Crippen molar-refractivity contribution in [3.8, 4) is 17.4 Å². The van der Waals surface area contributed by atoms with Gasteiger partial charge in [-0.05, 0) is 67.3 Å². The minimum atomic E-state index is -3.01. The maximum absolute atomic E-state index is 16.1. The molecule has 10 nitrogen and oxygen atoms in total. The van der Waals surface area contributed by atoms with E-state index in [1.54, 1.807) is 38.4 Å². The highest BCUT2D eigenvalue weighted by Crippen LogP contribution is 2.59. The molecule has 4 aromatic rings. The van der Waals surface area contributed by atoms with E-state index in [0.29, 0.717) is 5.56 Å². The Morgan fingerprint density at radius 2 is 1.49 bits per heavy atom. The van der Waals surface area contributed by atoms with Crippen LogP contribution >= 0.6 is 0 Å². The Balaban J connectivity index is 1.39. The second-order valence-electron chi connectivity index (χ2n) is 16.5. The average molecular weight is 773 g/mol. The van der Waals surface area contributed by atoms with Crippen molar-refractivity contribution in [2.45, 2.75) is 76.6 Å². The number of hydrogen-bond donors (Lipinski definition) is 0. The highest BCUT2D eigenvalue weighted by atomic mass is 28.4. The van der Waals surface area contributed by atoms with Crippen molar-refractivity contribution in [2.75, 3.05) is 21.2 Å². The molecule has 3 aliphatic rings. The van der Waals surface area contributed by atoms with Crippen LogP contribution in [0.1, 0.15) is 76.4 Å². The number of Topliss-reactive ketones (excluding diaryl/α,β-unsaturated/α-hetero) is 3. The lowest BCUT2D eigenvalue weighted by atomic mass is 9.54. The zero-order chi connectivity index (χ0) is 39.6. The number of ether oxygens (including phenoxy) is 3. The van der Waals surface area contributed by atoms with Gasteiger partial charge in [0.25, 0.3) is 5.88 Å². The number of nitrogens with zero attached hydrogens (tertiary/aromatic N) is 2. The molecule has 0 saturated heterocycles. The fourth-order valence-corrected chi connectivity index (χ4v) is 9.70. The zero-order valence-corrected chi connectivity index (χ0v) is 33.3. The number of benzene rings is 3. The lowest BCUT2D eigenvalue weighted by Gasteiger charge is -2.56. The number of ketones is 3. The number of hydrogen-bond acceptors (Lipinski definition) is 10. The van der Waals surface area contributed by atoms with E-state index in [0.717, 1.165) is 12.7 Å². The Bertz CT molecular complexity index is 2150. The lowest BCUT2D eigenvalue weighted by Crippen LogP contribution is -2.70. The van der Waals surface area contributed by atoms with Gasteiger partial charge in [-0.25, -0.2) is 4.39 Å². The first-order valence-electron chi connectivity index (χ1n) is 18.4. The van der Waals surface area contributed by atoms with E-state index in [9.17, 15) is 4.79 Å². The molecule has 0 N–H and O–H groups in total. The van der Waals surface area contributed by atoms with Gasteiger partial charge in [-0.1, -0.05) is 81.4 Å². The first-order chi connectivity index (χ1) is 26.0. The minimum Gasteiger partial charge on any atom is -0.490 e. The number of carbonyl (C=O) groups is 3. The zero-order valence-electron chi connectivity index (χ0n) is 32.3. The van der Waals surface area contributed by atoms with Gasteiger partial charge >= 0.3 is 0 Å². The number of carbonyl (C=O) groups excluding carboxylic acids is 3. The lowest BCUT2D eigenvalue weighted by molar-refractivity contribution is -0.151. The third kappa shape index (κ3) is 6.20. The third-order valence-electron chi connectivity index (χ3n) is 11.9. The summed E-state index contributed by atoms with van der Waals surface area (Å²) >= 11 is 0. The Kier molecular flexibility index (Phi) is 9.88. The van der Waals surface area contributed by atoms with Crippen molar-refractivity contribution in [1.29, 1.82) is 0 Å². The van der Waals surface area contributed by atoms with Crippen LogP contribution in [0.15, 0.2) is 65.2 Å². The Hall–Kier alpha value is -4.72. The Labute approximate surface area is 320 Å². The van der Waals surface area contributed by atoms with E-state index in [-0.39, 0.29) is 60.1 Å². The summed E-state index contributed by atoms with van der Waals surface area (Å²) in [7, 11) is 1.74. The topological polar surface area (TPSA) is 117 Å². The molecule has 290 valence electrons. The number of rotatable bonds is 10. The van der Waals surface area contributed by atoms with Crippen molar-refractivity contribution >= 4 is 25.7 Å². The summed E-state index contributed by atoms with van der Waals surface area (Å²) in [6.45, 7) is 9.88. The summed E-state index contributed by atoms with van der Waals surface area (Å²) in [5.41, 5.74) is -1.11. The van der Waals surface area contributed by atoms with Crippen molar-refractivity contribution in [3.05, 3.63) is 106 Å². The van der Waals surface area contributed by atoms with Gasteiger partial charge in [-0.2, -0.15) is 4.39 Å². The molecule has 0 amide bonds. The van der Waals surface area contributed by atoms with Gasteiger partial charge in [-0.3, -0.25) is 19.3 Å². The second kappa shape index (κ2) is 14.1. The van der Waals surface area contributed by atoms with Crippen LogP contribution in [0.25, 0.3) is 0 Å². The maximum Gasteiger partial charge on any atom is 0.265 e. The highest BCUT2D eigenvalue weighted by molar-refractivity contribution is 6.74. The molecule has 5 atom stereocenters. The Morgan fingerprint density at radius 1 is 0.891 bits per heavy atom. The smallest absolute Gasteiger partial charge is 0.265 e. The van der Waals surface area contributed by atoms with Gasteiger partial charge in [0.05, 0.1) is 24.6 Å². The van der Waals surface area contributed by atoms with Gasteiger partial charge in [0.2, 0.25) is 17.3 Å². The largest absolute Gasteiger partial charge is 0.490 e. The van der Waals surface area contributed by atoms with E-state index < -0.39 is 77.5 Å². The van der Waals surface area contributed by atoms with Gasteiger partial charge in [0.15, 0.2) is 42.8 Å². The van der Waals surface area contributed by atoms with Crippen LogP contribution in [0.5, 0.6) is 17.4 Å². The SMILES string of the molecule is COc1c(F)c(F)c2c(c1OCc1ccccc1)C(=O)C1C(=O)[C@]3(O[Si](C)(C)C(C)(C)C)C(=O)c4c(OCc5ccccc5)noc4C(N(C)C)[C@@H]3C[C@@H]1C2. The molecule has 3 aromatic carbocycles. The summed E-state index contributed by atoms with van der Waals surface area (Å²) in [6.07, 6.45) is -0.0833. The molecule has 2 unspecified atom stereocenters. The van der Waals surface area contributed by atoms with Crippen molar-refractivity contribution < 1.29 is 46.3 Å². The number of methoxy groups -OCH3 is 1. The van der Waals surface area contributed by atoms with E-state index in [1.807, 2.05) is 75.2 Å². The molecule has 1 heterocycles. The van der Waals surface area contributed by atoms with Gasteiger partial charge < -0.3 is 23.2 Å². The summed E-state index contributed by atoms with van der Waals surface area (Å²) < 4.78 is 62.3. The predicted octanol–water partition coefficient (Wildman–Crippen LogP) is 7.94. The van der Waals surface area contributed by atoms with E-state index in [2.05, 4.69) is 5.16 Å². The molecule has 13 heteroatoms. The van der Waals surface area contributed by atoms with Gasteiger partial charge in [0.1, 0.15) is 18.8 Å². The fourth-order valence-electron chi connectivity index (χ4n) is 8.25. The number of halogens is 2. The van der Waals surface area contributed by atoms with Crippen LogP contribution in [0.4, 0.5) is 8.78 Å². The molecule has 0 radical (unpaired) electrons. The summed E-state index contributed by atoms with van der Waals surface area (Å²) in [4.78, 5) is 47.9. The second-order valence-corrected chi connectivity index (χ2v) is 21.2. The monoisotopic (exact) mass is 772 g/mol. The molecular formula is C42H46F2N2O8Si. The van der Waals surface area contributed by atoms with E-state index in [1.165, 1.54) is 0 Å². The normalized spacial score (nSPS) is 23.5. The average Bonchev–Trinajstić information content (AvgIpc) is 3.56. The van der Waals surface area contributed by atoms with Gasteiger partial charge in [-0.15, -0.1) is 0 Å². The minimum absolute atomic E-state index is 0.0123. The first-order valence-corrected chi connectivity index (χ1v) is 21.3. The molecule has 1 fully saturated rings. The standard InChI is InChI=1S/C42H46F2N2O8Si/c1-41(2,3)55(7,8)54-42-27(33(46(4)5)35-30(39(42)49)40(45-53-35)52-22-24-17-13-10-14-18-24)20-25-19-26-29(34(47)28(25)38(42)48)36(37(50-6)32(44)31(26)43)51-21-23-15-11-9-12-16-23/h9-18,25,27-28,33H,19-22H2,1-8H3/t25-,27-,28?,33?,42-/m0/s1. The van der Waals surface area contributed by atoms with Crippen LogP contribution in [-0.4, -0.2) is 62.5 Å². The summed E-state index contributed by atoms with van der Waals surface area (Å²) in [6, 6.07) is 17.6. The van der Waals surface area contributed by atoms with Crippen LogP contribution in [0.3, 0.4) is 0 Å². The quantitative estimate of drug-likeness (QED) is 0.116. The van der Waals surface area contributed by atoms with Gasteiger partial charge in [0, 0.05) is 11.5 Å². The molecular weight excluding hydrogens is 727 g/mol. The van der Waals surface area contributed by atoms with Crippen LogP contribution < -0.4 is 14.2 Å². The highest BCUT2D eigenvalue weighted by Gasteiger charge is 2.70. The Morgan fingerprint density at radius 3 is 2.05 bits per heavy atom.